The van der Waals surface area contributed by atoms with Crippen LogP contribution in [0.1, 0.15) is 12.7 Å². The van der Waals surface area contributed by atoms with Crippen molar-refractivity contribution in [2.45, 2.75) is 20.1 Å². The summed E-state index contributed by atoms with van der Waals surface area (Å²) >= 11 is 0. The molecule has 1 aromatic rings. The van der Waals surface area contributed by atoms with Gasteiger partial charge >= 0.3 is 5.97 Å². The first-order valence-electron chi connectivity index (χ1n) is 4.17. The highest BCUT2D eigenvalue weighted by Gasteiger charge is 2.10. The predicted octanol–water partition coefficient (Wildman–Crippen LogP) is -0.617. The van der Waals surface area contributed by atoms with Gasteiger partial charge in [-0.05, 0) is 17.4 Å². The van der Waals surface area contributed by atoms with E-state index in [0.717, 1.165) is 0 Å². The second kappa shape index (κ2) is 5.28. The molecule has 7 nitrogen and oxygen atoms in total. The van der Waals surface area contributed by atoms with E-state index in [4.69, 9.17) is 9.47 Å². The molecule has 0 atom stereocenters. The Bertz CT molecular complexity index is 299. The zero-order chi connectivity index (χ0) is 10.4. The Morgan fingerprint density at radius 3 is 3.00 bits per heavy atom. The van der Waals surface area contributed by atoms with Crippen molar-refractivity contribution in [2.75, 3.05) is 13.7 Å². The summed E-state index contributed by atoms with van der Waals surface area (Å²) in [6, 6.07) is 0. The molecule has 1 rings (SSSR count). The summed E-state index contributed by atoms with van der Waals surface area (Å²) in [5, 5.41) is 10.7. The minimum absolute atomic E-state index is 0.0134. The minimum atomic E-state index is -0.364. The molecule has 14 heavy (non-hydrogen) atoms. The first-order chi connectivity index (χ1) is 6.77. The number of nitrogens with zero attached hydrogens (tertiary/aromatic N) is 4. The number of hydrogen-bond donors (Lipinski definition) is 0. The topological polar surface area (TPSA) is 79.1 Å². The number of ether oxygens (including phenoxy) is 2. The smallest absolute Gasteiger partial charge is 0.327 e. The summed E-state index contributed by atoms with van der Waals surface area (Å²) in [5.41, 5.74) is 0. The van der Waals surface area contributed by atoms with Crippen LogP contribution in [0.25, 0.3) is 0 Å². The number of carbonyl (C=O) groups excluding carboxylic acids is 1. The second-order valence-corrected chi connectivity index (χ2v) is 2.49. The van der Waals surface area contributed by atoms with Crippen molar-refractivity contribution >= 4 is 5.97 Å². The molecule has 1 aromatic heterocycles. The maximum absolute atomic E-state index is 11.1. The summed E-state index contributed by atoms with van der Waals surface area (Å²) in [6.45, 7) is 2.38. The Hall–Kier alpha value is -1.50. The molecule has 0 aliphatic carbocycles. The van der Waals surface area contributed by atoms with E-state index in [1.807, 2.05) is 0 Å². The molecule has 0 N–H and O–H groups in total. The quantitative estimate of drug-likeness (QED) is 0.589. The maximum Gasteiger partial charge on any atom is 0.327 e. The third-order valence-electron chi connectivity index (χ3n) is 1.46. The Morgan fingerprint density at radius 2 is 2.36 bits per heavy atom. The van der Waals surface area contributed by atoms with Gasteiger partial charge in [0.1, 0.15) is 13.2 Å². The van der Waals surface area contributed by atoms with Gasteiger partial charge in [-0.2, -0.15) is 0 Å². The molecular formula is C7H12N4O3. The van der Waals surface area contributed by atoms with E-state index >= 15 is 0 Å². The van der Waals surface area contributed by atoms with Gasteiger partial charge in [0.25, 0.3) is 0 Å². The molecule has 7 heteroatoms. The van der Waals surface area contributed by atoms with E-state index in [1.54, 1.807) is 6.92 Å². The largest absolute Gasteiger partial charge is 0.465 e. The number of methoxy groups -OCH3 is 1. The number of esters is 1. The van der Waals surface area contributed by atoms with Crippen molar-refractivity contribution in [1.82, 2.24) is 20.2 Å². The Labute approximate surface area is 81.0 Å². The first-order valence-corrected chi connectivity index (χ1v) is 4.17. The van der Waals surface area contributed by atoms with E-state index in [0.29, 0.717) is 12.4 Å². The van der Waals surface area contributed by atoms with Crippen molar-refractivity contribution in [3.8, 4) is 0 Å². The summed E-state index contributed by atoms with van der Waals surface area (Å²) in [5.74, 6) is 0.137. The molecule has 0 aliphatic heterocycles. The molecule has 1 heterocycles. The average molecular weight is 200 g/mol. The predicted molar refractivity (Wildman–Crippen MR) is 45.2 cm³/mol. The summed E-state index contributed by atoms with van der Waals surface area (Å²) < 4.78 is 11.0. The summed E-state index contributed by atoms with van der Waals surface area (Å²) in [4.78, 5) is 11.1. The number of tetrazole rings is 1. The molecule has 0 amide bonds. The zero-order valence-corrected chi connectivity index (χ0v) is 8.13. The zero-order valence-electron chi connectivity index (χ0n) is 8.13. The van der Waals surface area contributed by atoms with Gasteiger partial charge in [0, 0.05) is 7.11 Å². The van der Waals surface area contributed by atoms with E-state index < -0.39 is 0 Å². The third kappa shape index (κ3) is 2.77. The fourth-order valence-electron chi connectivity index (χ4n) is 0.907. The molecule has 0 aromatic carbocycles. The highest BCUT2D eigenvalue weighted by atomic mass is 16.5. The molecular weight excluding hydrogens is 188 g/mol. The molecule has 0 unspecified atom stereocenters. The van der Waals surface area contributed by atoms with Crippen LogP contribution in [0.4, 0.5) is 0 Å². The van der Waals surface area contributed by atoms with Crippen LogP contribution in [-0.4, -0.2) is 39.9 Å². The Balaban J connectivity index is 2.56. The van der Waals surface area contributed by atoms with E-state index in [-0.39, 0.29) is 19.1 Å². The molecule has 0 bridgehead atoms. The lowest BCUT2D eigenvalue weighted by atomic mass is 10.6. The van der Waals surface area contributed by atoms with Crippen LogP contribution in [0.5, 0.6) is 0 Å². The molecule has 0 saturated carbocycles. The lowest BCUT2D eigenvalue weighted by Crippen LogP contribution is -2.17. The fourth-order valence-corrected chi connectivity index (χ4v) is 0.907. The lowest BCUT2D eigenvalue weighted by molar-refractivity contribution is -0.144. The molecule has 78 valence electrons. The highest BCUT2D eigenvalue weighted by molar-refractivity contribution is 5.68. The van der Waals surface area contributed by atoms with Gasteiger partial charge in [0.15, 0.2) is 5.82 Å². The van der Waals surface area contributed by atoms with Gasteiger partial charge in [-0.1, -0.05) is 0 Å². The Morgan fingerprint density at radius 1 is 1.57 bits per heavy atom. The van der Waals surface area contributed by atoms with Crippen molar-refractivity contribution in [3.05, 3.63) is 5.82 Å². The Kier molecular flexibility index (Phi) is 3.99. The molecule has 0 saturated heterocycles. The number of aromatic nitrogens is 4. The minimum Gasteiger partial charge on any atom is -0.465 e. The summed E-state index contributed by atoms with van der Waals surface area (Å²) in [7, 11) is 1.53. The van der Waals surface area contributed by atoms with Gasteiger partial charge in [0.05, 0.1) is 6.61 Å². The van der Waals surface area contributed by atoms with Gasteiger partial charge in [-0.3, -0.25) is 4.79 Å². The monoisotopic (exact) mass is 200 g/mol. The number of rotatable bonds is 5. The van der Waals surface area contributed by atoms with Crippen LogP contribution < -0.4 is 0 Å². The lowest BCUT2D eigenvalue weighted by Gasteiger charge is -2.03. The summed E-state index contributed by atoms with van der Waals surface area (Å²) in [6.07, 6.45) is 0. The van der Waals surface area contributed by atoms with Crippen LogP contribution in [0, 0.1) is 0 Å². The van der Waals surface area contributed by atoms with Crippen molar-refractivity contribution in [2.24, 2.45) is 0 Å². The second-order valence-electron chi connectivity index (χ2n) is 2.49. The van der Waals surface area contributed by atoms with Gasteiger partial charge < -0.3 is 9.47 Å². The van der Waals surface area contributed by atoms with Gasteiger partial charge in [-0.15, -0.1) is 5.10 Å². The van der Waals surface area contributed by atoms with Crippen LogP contribution in [0.3, 0.4) is 0 Å². The van der Waals surface area contributed by atoms with E-state index in [9.17, 15) is 4.79 Å². The van der Waals surface area contributed by atoms with Crippen LogP contribution in [0.2, 0.25) is 0 Å². The fraction of sp³-hybridized carbons (Fsp3) is 0.714. The van der Waals surface area contributed by atoms with Crippen molar-refractivity contribution in [3.63, 3.8) is 0 Å². The standard InChI is InChI=1S/C7H12N4O3/c1-3-14-7(12)4-11-6(5-13-2)8-9-10-11/h3-5H2,1-2H3. The van der Waals surface area contributed by atoms with Gasteiger partial charge in [0.2, 0.25) is 0 Å². The third-order valence-corrected chi connectivity index (χ3v) is 1.46. The number of hydrogen-bond acceptors (Lipinski definition) is 6. The normalized spacial score (nSPS) is 10.1. The van der Waals surface area contributed by atoms with Gasteiger partial charge in [-0.25, -0.2) is 4.68 Å². The van der Waals surface area contributed by atoms with E-state index in [2.05, 4.69) is 15.5 Å². The average Bonchev–Trinajstić information content (AvgIpc) is 2.54. The highest BCUT2D eigenvalue weighted by Crippen LogP contribution is 1.94. The number of carbonyl (C=O) groups is 1. The van der Waals surface area contributed by atoms with Crippen LogP contribution >= 0.6 is 0 Å². The molecule has 0 aliphatic rings. The first kappa shape index (κ1) is 10.6. The van der Waals surface area contributed by atoms with Crippen molar-refractivity contribution in [1.29, 1.82) is 0 Å². The maximum atomic E-state index is 11.1. The van der Waals surface area contributed by atoms with Crippen LogP contribution in [0.15, 0.2) is 0 Å². The van der Waals surface area contributed by atoms with Crippen LogP contribution in [-0.2, 0) is 27.4 Å². The van der Waals surface area contributed by atoms with E-state index in [1.165, 1.54) is 11.8 Å². The molecule has 0 spiro atoms. The molecule has 0 radical (unpaired) electrons. The molecule has 0 fully saturated rings. The van der Waals surface area contributed by atoms with Crippen molar-refractivity contribution < 1.29 is 14.3 Å². The SMILES string of the molecule is CCOC(=O)Cn1nnnc1COC.